The average Bonchev–Trinajstić information content (AvgIpc) is 2.44. The van der Waals surface area contributed by atoms with Gasteiger partial charge in [-0.15, -0.1) is 0 Å². The van der Waals surface area contributed by atoms with Crippen LogP contribution in [0.15, 0.2) is 18.3 Å². The summed E-state index contributed by atoms with van der Waals surface area (Å²) in [6.45, 7) is 3.69. The normalized spacial score (nSPS) is 10.6. The van der Waals surface area contributed by atoms with E-state index in [2.05, 4.69) is 11.9 Å². The average molecular weight is 264 g/mol. The summed E-state index contributed by atoms with van der Waals surface area (Å²) in [5, 5.41) is 0. The molecule has 2 N–H and O–H groups in total. The van der Waals surface area contributed by atoms with Gasteiger partial charge in [0.05, 0.1) is 12.8 Å². The Morgan fingerprint density at radius 1 is 1.05 bits per heavy atom. The molecular weight excluding hydrogens is 236 g/mol. The zero-order chi connectivity index (χ0) is 13.8. The first-order valence-electron chi connectivity index (χ1n) is 7.64. The van der Waals surface area contributed by atoms with Crippen molar-refractivity contribution in [1.82, 2.24) is 4.98 Å². The molecule has 0 fully saturated rings. The van der Waals surface area contributed by atoms with Crippen molar-refractivity contribution in [1.29, 1.82) is 0 Å². The van der Waals surface area contributed by atoms with Gasteiger partial charge in [-0.2, -0.15) is 0 Å². The van der Waals surface area contributed by atoms with Crippen molar-refractivity contribution in [3.63, 3.8) is 0 Å². The predicted octanol–water partition coefficient (Wildman–Crippen LogP) is 3.71. The lowest BCUT2D eigenvalue weighted by atomic mass is 10.1. The van der Waals surface area contributed by atoms with E-state index in [0.29, 0.717) is 6.54 Å². The summed E-state index contributed by atoms with van der Waals surface area (Å²) >= 11 is 0. The summed E-state index contributed by atoms with van der Waals surface area (Å²) in [4.78, 5) is 4.31. The van der Waals surface area contributed by atoms with Gasteiger partial charge in [-0.05, 0) is 25.1 Å². The van der Waals surface area contributed by atoms with Crippen LogP contribution in [-0.2, 0) is 6.42 Å². The SMILES string of the molecule is CCCCCCCCCOc1ccc(CCN)nc1. The van der Waals surface area contributed by atoms with Crippen LogP contribution in [0.4, 0.5) is 0 Å². The lowest BCUT2D eigenvalue weighted by molar-refractivity contribution is 0.303. The molecule has 19 heavy (non-hydrogen) atoms. The first-order chi connectivity index (χ1) is 9.36. The maximum absolute atomic E-state index is 5.67. The van der Waals surface area contributed by atoms with Crippen molar-refractivity contribution in [2.24, 2.45) is 5.73 Å². The Kier molecular flexibility index (Phi) is 9.07. The highest BCUT2D eigenvalue weighted by Gasteiger charge is 1.97. The Bertz CT molecular complexity index is 311. The maximum atomic E-state index is 5.67. The van der Waals surface area contributed by atoms with Crippen molar-refractivity contribution in [3.8, 4) is 5.75 Å². The minimum Gasteiger partial charge on any atom is -0.492 e. The second-order valence-electron chi connectivity index (χ2n) is 4.99. The predicted molar refractivity (Wildman–Crippen MR) is 80.5 cm³/mol. The molecule has 0 saturated heterocycles. The third-order valence-corrected chi connectivity index (χ3v) is 3.21. The van der Waals surface area contributed by atoms with Crippen LogP contribution in [0, 0.1) is 0 Å². The molecule has 0 atom stereocenters. The summed E-state index contributed by atoms with van der Waals surface area (Å²) < 4.78 is 5.67. The number of ether oxygens (including phenoxy) is 1. The molecule has 1 heterocycles. The molecule has 1 aromatic heterocycles. The Labute approximate surface area is 117 Å². The molecule has 0 amide bonds. The van der Waals surface area contributed by atoms with Crippen LogP contribution < -0.4 is 10.5 Å². The van der Waals surface area contributed by atoms with E-state index >= 15 is 0 Å². The van der Waals surface area contributed by atoms with Crippen molar-refractivity contribution >= 4 is 0 Å². The zero-order valence-electron chi connectivity index (χ0n) is 12.2. The molecule has 0 aliphatic rings. The van der Waals surface area contributed by atoms with Crippen molar-refractivity contribution in [2.45, 2.75) is 58.3 Å². The van der Waals surface area contributed by atoms with Crippen LogP contribution in [0.3, 0.4) is 0 Å². The van der Waals surface area contributed by atoms with Gasteiger partial charge in [0, 0.05) is 12.1 Å². The second-order valence-corrected chi connectivity index (χ2v) is 4.99. The first kappa shape index (κ1) is 16.0. The molecule has 1 aromatic rings. The van der Waals surface area contributed by atoms with Crippen LogP contribution in [-0.4, -0.2) is 18.1 Å². The number of hydrogen-bond donors (Lipinski definition) is 1. The fourth-order valence-corrected chi connectivity index (χ4v) is 2.04. The molecule has 0 aliphatic heterocycles. The van der Waals surface area contributed by atoms with E-state index in [1.165, 1.54) is 38.5 Å². The summed E-state index contributed by atoms with van der Waals surface area (Å²) in [5.41, 5.74) is 6.52. The van der Waals surface area contributed by atoms with Crippen LogP contribution in [0.1, 0.15) is 57.6 Å². The number of hydrogen-bond acceptors (Lipinski definition) is 3. The highest BCUT2D eigenvalue weighted by molar-refractivity contribution is 5.19. The molecule has 0 radical (unpaired) electrons. The lowest BCUT2D eigenvalue weighted by Crippen LogP contribution is -2.04. The third kappa shape index (κ3) is 7.83. The fourth-order valence-electron chi connectivity index (χ4n) is 2.04. The van der Waals surface area contributed by atoms with Gasteiger partial charge >= 0.3 is 0 Å². The molecule has 108 valence electrons. The number of nitrogens with two attached hydrogens (primary N) is 1. The largest absolute Gasteiger partial charge is 0.492 e. The van der Waals surface area contributed by atoms with Crippen LogP contribution in [0.5, 0.6) is 5.75 Å². The molecule has 0 aromatic carbocycles. The molecule has 0 unspecified atom stereocenters. The van der Waals surface area contributed by atoms with Gasteiger partial charge in [0.2, 0.25) is 0 Å². The molecule has 1 rings (SSSR count). The molecule has 3 nitrogen and oxygen atoms in total. The topological polar surface area (TPSA) is 48.1 Å². The number of aromatic nitrogens is 1. The van der Waals surface area contributed by atoms with E-state index in [0.717, 1.165) is 30.9 Å². The Balaban J connectivity index is 2.02. The summed E-state index contributed by atoms with van der Waals surface area (Å²) in [5.74, 6) is 0.867. The number of rotatable bonds is 11. The second kappa shape index (κ2) is 10.8. The number of pyridine rings is 1. The minimum atomic E-state index is 0.644. The number of nitrogens with zero attached hydrogens (tertiary/aromatic N) is 1. The van der Waals surface area contributed by atoms with E-state index in [1.54, 1.807) is 6.20 Å². The van der Waals surface area contributed by atoms with Gasteiger partial charge in [-0.3, -0.25) is 4.98 Å². The van der Waals surface area contributed by atoms with Crippen molar-refractivity contribution < 1.29 is 4.74 Å². The van der Waals surface area contributed by atoms with Crippen LogP contribution >= 0.6 is 0 Å². The highest BCUT2D eigenvalue weighted by Crippen LogP contribution is 2.11. The highest BCUT2D eigenvalue weighted by atomic mass is 16.5. The molecule has 0 aliphatic carbocycles. The van der Waals surface area contributed by atoms with Gasteiger partial charge in [0.15, 0.2) is 0 Å². The van der Waals surface area contributed by atoms with Crippen molar-refractivity contribution in [2.75, 3.05) is 13.2 Å². The van der Waals surface area contributed by atoms with Gasteiger partial charge in [0.25, 0.3) is 0 Å². The smallest absolute Gasteiger partial charge is 0.137 e. The first-order valence-corrected chi connectivity index (χ1v) is 7.64. The summed E-state index contributed by atoms with van der Waals surface area (Å²) in [7, 11) is 0. The van der Waals surface area contributed by atoms with Crippen LogP contribution in [0.2, 0.25) is 0 Å². The Hall–Kier alpha value is -1.09. The molecule has 0 bridgehead atoms. The van der Waals surface area contributed by atoms with E-state index in [4.69, 9.17) is 10.5 Å². The third-order valence-electron chi connectivity index (χ3n) is 3.21. The zero-order valence-corrected chi connectivity index (χ0v) is 12.2. The summed E-state index contributed by atoms with van der Waals surface area (Å²) in [6.07, 6.45) is 11.8. The van der Waals surface area contributed by atoms with Gasteiger partial charge < -0.3 is 10.5 Å². The quantitative estimate of drug-likeness (QED) is 0.620. The Morgan fingerprint density at radius 3 is 2.42 bits per heavy atom. The Morgan fingerprint density at radius 2 is 1.79 bits per heavy atom. The summed E-state index contributed by atoms with van der Waals surface area (Å²) in [6, 6.07) is 3.98. The molecular formula is C16H28N2O. The molecule has 3 heteroatoms. The van der Waals surface area contributed by atoms with Gasteiger partial charge in [-0.25, -0.2) is 0 Å². The molecule has 0 spiro atoms. The number of unbranched alkanes of at least 4 members (excludes halogenated alkanes) is 6. The van der Waals surface area contributed by atoms with E-state index < -0.39 is 0 Å². The fraction of sp³-hybridized carbons (Fsp3) is 0.688. The van der Waals surface area contributed by atoms with Crippen LogP contribution in [0.25, 0.3) is 0 Å². The van der Waals surface area contributed by atoms with E-state index in [-0.39, 0.29) is 0 Å². The van der Waals surface area contributed by atoms with E-state index in [1.807, 2.05) is 12.1 Å². The van der Waals surface area contributed by atoms with Gasteiger partial charge in [0.1, 0.15) is 5.75 Å². The minimum absolute atomic E-state index is 0.644. The lowest BCUT2D eigenvalue weighted by Gasteiger charge is -2.06. The van der Waals surface area contributed by atoms with E-state index in [9.17, 15) is 0 Å². The maximum Gasteiger partial charge on any atom is 0.137 e. The molecule has 0 saturated carbocycles. The van der Waals surface area contributed by atoms with Crippen molar-refractivity contribution in [3.05, 3.63) is 24.0 Å². The monoisotopic (exact) mass is 264 g/mol. The van der Waals surface area contributed by atoms with Gasteiger partial charge in [-0.1, -0.05) is 45.4 Å². The standard InChI is InChI=1S/C16H28N2O/c1-2-3-4-5-6-7-8-13-19-16-10-9-15(11-12-17)18-14-16/h9-10,14H,2-8,11-13,17H2,1H3.